The van der Waals surface area contributed by atoms with Gasteiger partial charge in [0.2, 0.25) is 0 Å². The van der Waals surface area contributed by atoms with Crippen molar-refractivity contribution in [3.8, 4) is 11.5 Å². The molecule has 0 aliphatic carbocycles. The van der Waals surface area contributed by atoms with Crippen molar-refractivity contribution in [3.63, 3.8) is 0 Å². The second-order valence-electron chi connectivity index (χ2n) is 8.69. The number of ether oxygens (including phenoxy) is 2. The molecule has 4 aromatic rings. The number of nitrogens with zero attached hydrogens (tertiary/aromatic N) is 4. The van der Waals surface area contributed by atoms with E-state index in [0.29, 0.717) is 29.4 Å². The molecular weight excluding hydrogens is 444 g/mol. The van der Waals surface area contributed by atoms with Gasteiger partial charge in [-0.1, -0.05) is 18.2 Å². The third-order valence-electron chi connectivity index (χ3n) is 5.95. The zero-order valence-corrected chi connectivity index (χ0v) is 19.8. The van der Waals surface area contributed by atoms with Gasteiger partial charge in [0.25, 0.3) is 11.8 Å². The summed E-state index contributed by atoms with van der Waals surface area (Å²) in [6, 6.07) is 18.2. The number of carbonyl (C=O) groups is 2. The number of amides is 2. The van der Waals surface area contributed by atoms with E-state index < -0.39 is 6.10 Å². The average molecular weight is 471 g/mol. The molecule has 2 aromatic carbocycles. The third kappa shape index (κ3) is 4.42. The number of hydrogen-bond acceptors (Lipinski definition) is 5. The Morgan fingerprint density at radius 3 is 2.60 bits per heavy atom. The lowest BCUT2D eigenvalue weighted by molar-refractivity contribution is -0.135. The van der Waals surface area contributed by atoms with Gasteiger partial charge in [-0.2, -0.15) is 0 Å². The van der Waals surface area contributed by atoms with Crippen LogP contribution in [-0.4, -0.2) is 52.8 Å². The third-order valence-corrected chi connectivity index (χ3v) is 5.95. The number of anilines is 1. The zero-order chi connectivity index (χ0) is 24.5. The number of aromatic nitrogens is 2. The van der Waals surface area contributed by atoms with Crippen LogP contribution in [0.3, 0.4) is 0 Å². The van der Waals surface area contributed by atoms with Crippen molar-refractivity contribution in [2.75, 3.05) is 25.5 Å². The van der Waals surface area contributed by atoms with Crippen molar-refractivity contribution in [2.24, 2.45) is 0 Å². The van der Waals surface area contributed by atoms with Crippen LogP contribution in [0.15, 0.2) is 73.1 Å². The van der Waals surface area contributed by atoms with Crippen LogP contribution in [0.4, 0.5) is 5.69 Å². The molecule has 1 aliphatic heterocycles. The number of fused-ring (bicyclic) bond motifs is 2. The van der Waals surface area contributed by atoms with Crippen molar-refractivity contribution in [1.29, 1.82) is 0 Å². The van der Waals surface area contributed by atoms with E-state index in [1.54, 1.807) is 49.3 Å². The molecular formula is C27H26N4O4. The van der Waals surface area contributed by atoms with E-state index in [4.69, 9.17) is 9.47 Å². The molecule has 178 valence electrons. The summed E-state index contributed by atoms with van der Waals surface area (Å²) in [4.78, 5) is 33.7. The van der Waals surface area contributed by atoms with Crippen LogP contribution < -0.4 is 14.4 Å². The smallest absolute Gasteiger partial charge is 0.265 e. The summed E-state index contributed by atoms with van der Waals surface area (Å²) in [6.07, 6.45) is 3.14. The topological polar surface area (TPSA) is 76.4 Å². The number of carbonyl (C=O) groups excluding carboxylic acids is 2. The molecule has 0 spiro atoms. The predicted octanol–water partition coefficient (Wildman–Crippen LogP) is 3.72. The Morgan fingerprint density at radius 1 is 1.09 bits per heavy atom. The maximum atomic E-state index is 13.4. The Bertz CT molecular complexity index is 1390. The monoisotopic (exact) mass is 470 g/mol. The summed E-state index contributed by atoms with van der Waals surface area (Å²) in [5, 5.41) is 0. The zero-order valence-electron chi connectivity index (χ0n) is 19.8. The van der Waals surface area contributed by atoms with Gasteiger partial charge in [0, 0.05) is 32.1 Å². The molecule has 0 radical (unpaired) electrons. The average Bonchev–Trinajstić information content (AvgIpc) is 3.31. The first-order chi connectivity index (χ1) is 16.9. The highest BCUT2D eigenvalue weighted by molar-refractivity contribution is 6.08. The predicted molar refractivity (Wildman–Crippen MR) is 132 cm³/mol. The maximum absolute atomic E-state index is 13.4. The van der Waals surface area contributed by atoms with E-state index in [1.807, 2.05) is 54.0 Å². The Labute approximate surface area is 203 Å². The second-order valence-corrected chi connectivity index (χ2v) is 8.69. The normalized spacial score (nSPS) is 14.8. The van der Waals surface area contributed by atoms with Crippen LogP contribution in [0, 0.1) is 6.92 Å². The number of likely N-dealkylation sites (N-methyl/N-ethyl adjacent to an activating group) is 1. The van der Waals surface area contributed by atoms with E-state index in [2.05, 4.69) is 4.98 Å². The van der Waals surface area contributed by atoms with E-state index >= 15 is 0 Å². The molecule has 2 aromatic heterocycles. The first-order valence-electron chi connectivity index (χ1n) is 11.4. The molecule has 0 N–H and O–H groups in total. The number of para-hydroxylation sites is 2. The Morgan fingerprint density at radius 2 is 1.86 bits per heavy atom. The Kier molecular flexibility index (Phi) is 5.86. The molecule has 0 bridgehead atoms. The number of imidazole rings is 1. The Balaban J connectivity index is 1.31. The van der Waals surface area contributed by atoms with Crippen molar-refractivity contribution < 1.29 is 19.1 Å². The summed E-state index contributed by atoms with van der Waals surface area (Å²) in [5.41, 5.74) is 3.96. The lowest BCUT2D eigenvalue weighted by atomic mass is 10.1. The van der Waals surface area contributed by atoms with Crippen LogP contribution in [0.5, 0.6) is 11.5 Å². The van der Waals surface area contributed by atoms with Crippen LogP contribution in [0.1, 0.15) is 21.6 Å². The quantitative estimate of drug-likeness (QED) is 0.444. The van der Waals surface area contributed by atoms with Crippen LogP contribution in [-0.2, 0) is 11.4 Å². The fraction of sp³-hybridized carbons (Fsp3) is 0.222. The van der Waals surface area contributed by atoms with Gasteiger partial charge in [0.15, 0.2) is 6.10 Å². The van der Waals surface area contributed by atoms with Gasteiger partial charge < -0.3 is 23.7 Å². The number of rotatable bonds is 5. The van der Waals surface area contributed by atoms with Crippen molar-refractivity contribution in [2.45, 2.75) is 19.6 Å². The molecule has 8 nitrogen and oxygen atoms in total. The van der Waals surface area contributed by atoms with Crippen molar-refractivity contribution in [1.82, 2.24) is 14.3 Å². The molecule has 1 atom stereocenters. The molecule has 35 heavy (non-hydrogen) atoms. The summed E-state index contributed by atoms with van der Waals surface area (Å²) >= 11 is 0. The van der Waals surface area contributed by atoms with Gasteiger partial charge in [-0.15, -0.1) is 0 Å². The highest BCUT2D eigenvalue weighted by Gasteiger charge is 2.34. The molecule has 2 amide bonds. The number of benzene rings is 2. The fourth-order valence-corrected chi connectivity index (χ4v) is 4.12. The molecule has 5 rings (SSSR count). The molecule has 0 fully saturated rings. The first-order valence-corrected chi connectivity index (χ1v) is 11.4. The van der Waals surface area contributed by atoms with E-state index in [1.165, 1.54) is 4.90 Å². The highest BCUT2D eigenvalue weighted by Crippen LogP contribution is 2.34. The minimum Gasteiger partial charge on any atom is -0.487 e. The summed E-state index contributed by atoms with van der Waals surface area (Å²) in [6.45, 7) is 2.48. The lowest BCUT2D eigenvalue weighted by Crippen LogP contribution is -2.50. The van der Waals surface area contributed by atoms with Crippen LogP contribution in [0.2, 0.25) is 0 Å². The number of hydrogen-bond donors (Lipinski definition) is 0. The van der Waals surface area contributed by atoms with Crippen molar-refractivity contribution >= 4 is 23.1 Å². The molecule has 0 unspecified atom stereocenters. The highest BCUT2D eigenvalue weighted by atomic mass is 16.5. The minimum absolute atomic E-state index is 0.137. The van der Waals surface area contributed by atoms with Crippen LogP contribution in [0.25, 0.3) is 5.65 Å². The second kappa shape index (κ2) is 9.13. The van der Waals surface area contributed by atoms with Crippen molar-refractivity contribution in [3.05, 3.63) is 89.9 Å². The number of aryl methyl sites for hydroxylation is 1. The lowest BCUT2D eigenvalue weighted by Gasteiger charge is -2.35. The Hall–Kier alpha value is -4.33. The minimum atomic E-state index is -0.763. The summed E-state index contributed by atoms with van der Waals surface area (Å²) in [5.74, 6) is 0.746. The fourth-order valence-electron chi connectivity index (χ4n) is 4.12. The van der Waals surface area contributed by atoms with Gasteiger partial charge in [-0.3, -0.25) is 9.59 Å². The first kappa shape index (κ1) is 22.5. The number of pyridine rings is 1. The maximum Gasteiger partial charge on any atom is 0.265 e. The van der Waals surface area contributed by atoms with Gasteiger partial charge >= 0.3 is 0 Å². The SMILES string of the molecule is Cc1cccn2cc(COc3ccc(C(=O)N4C[C@H](C(=O)N(C)C)Oc5ccccc54)cc3)nc12. The summed E-state index contributed by atoms with van der Waals surface area (Å²) in [7, 11) is 3.34. The molecule has 0 saturated heterocycles. The van der Waals surface area contributed by atoms with E-state index in [-0.39, 0.29) is 18.4 Å². The van der Waals surface area contributed by atoms with Gasteiger partial charge in [-0.25, -0.2) is 4.98 Å². The molecule has 3 heterocycles. The van der Waals surface area contributed by atoms with Gasteiger partial charge in [0.1, 0.15) is 23.8 Å². The largest absolute Gasteiger partial charge is 0.487 e. The van der Waals surface area contributed by atoms with Crippen LogP contribution >= 0.6 is 0 Å². The van der Waals surface area contributed by atoms with E-state index in [9.17, 15) is 9.59 Å². The molecule has 8 heteroatoms. The molecule has 1 aliphatic rings. The van der Waals surface area contributed by atoms with E-state index in [0.717, 1.165) is 16.9 Å². The standard InChI is InChI=1S/C27H26N4O4/c1-18-7-6-14-30-15-20(28-25(18)30)17-34-21-12-10-19(11-13-21)26(32)31-16-24(27(33)29(2)3)35-23-9-5-4-8-22(23)31/h4-15,24H,16-17H2,1-3H3/t24-/m1/s1. The van der Waals surface area contributed by atoms with Gasteiger partial charge in [0.05, 0.1) is 17.9 Å². The summed E-state index contributed by atoms with van der Waals surface area (Å²) < 4.78 is 13.8. The van der Waals surface area contributed by atoms with Gasteiger partial charge in [-0.05, 0) is 55.0 Å². The molecule has 0 saturated carbocycles.